The minimum Gasteiger partial charge on any atom is -0.270 e. The van der Waals surface area contributed by atoms with Gasteiger partial charge < -0.3 is 0 Å². The fourth-order valence-corrected chi connectivity index (χ4v) is 3.85. The summed E-state index contributed by atoms with van der Waals surface area (Å²) >= 11 is 6.86. The van der Waals surface area contributed by atoms with Crippen molar-refractivity contribution >= 4 is 39.0 Å². The molecule has 0 aliphatic rings. The highest BCUT2D eigenvalue weighted by Crippen LogP contribution is 2.29. The van der Waals surface area contributed by atoms with Gasteiger partial charge in [0.05, 0.1) is 15.9 Å². The van der Waals surface area contributed by atoms with E-state index in [1.165, 1.54) is 5.69 Å². The van der Waals surface area contributed by atoms with Crippen LogP contribution >= 0.6 is 39.0 Å². The number of thioether (sulfide) groups is 1. The third-order valence-electron chi connectivity index (χ3n) is 2.10. The van der Waals surface area contributed by atoms with Crippen molar-refractivity contribution in [2.75, 3.05) is 0 Å². The molecule has 2 rings (SSSR count). The predicted octanol–water partition coefficient (Wildman–Crippen LogP) is 2.94. The highest BCUT2D eigenvalue weighted by Gasteiger charge is 2.11. The standard InChI is InChI=1S/C9H11BrN4S2/c1-5-8(10)7(14(3)13-5)4-15-9-12-11-6(2)16-9/h4H2,1-3H3. The number of hydrogen-bond donors (Lipinski definition) is 0. The quantitative estimate of drug-likeness (QED) is 0.816. The Morgan fingerprint density at radius 2 is 2.12 bits per heavy atom. The van der Waals surface area contributed by atoms with Crippen molar-refractivity contribution in [1.82, 2.24) is 20.0 Å². The summed E-state index contributed by atoms with van der Waals surface area (Å²) in [5.41, 5.74) is 2.20. The van der Waals surface area contributed by atoms with E-state index in [1.54, 1.807) is 23.1 Å². The molecule has 86 valence electrons. The monoisotopic (exact) mass is 318 g/mol. The zero-order valence-corrected chi connectivity index (χ0v) is 12.4. The molecule has 0 fully saturated rings. The van der Waals surface area contributed by atoms with Gasteiger partial charge in [0.1, 0.15) is 5.01 Å². The van der Waals surface area contributed by atoms with Crippen LogP contribution in [0.15, 0.2) is 8.81 Å². The van der Waals surface area contributed by atoms with E-state index in [2.05, 4.69) is 31.2 Å². The van der Waals surface area contributed by atoms with Crippen LogP contribution in [0.1, 0.15) is 16.4 Å². The number of rotatable bonds is 3. The minimum absolute atomic E-state index is 0.854. The summed E-state index contributed by atoms with van der Waals surface area (Å²) in [5, 5.41) is 13.4. The lowest BCUT2D eigenvalue weighted by Gasteiger charge is -1.99. The predicted molar refractivity (Wildman–Crippen MR) is 69.9 cm³/mol. The maximum absolute atomic E-state index is 4.35. The van der Waals surface area contributed by atoms with Gasteiger partial charge in [-0.15, -0.1) is 10.2 Å². The average Bonchev–Trinajstić information content (AvgIpc) is 2.72. The molecule has 0 spiro atoms. The Morgan fingerprint density at radius 3 is 2.62 bits per heavy atom. The number of hydrogen-bond acceptors (Lipinski definition) is 5. The lowest BCUT2D eigenvalue weighted by molar-refractivity contribution is 0.727. The van der Waals surface area contributed by atoms with Crippen molar-refractivity contribution in [3.63, 3.8) is 0 Å². The van der Waals surface area contributed by atoms with Gasteiger partial charge in [0.25, 0.3) is 0 Å². The van der Waals surface area contributed by atoms with E-state index in [1.807, 2.05) is 25.6 Å². The summed E-state index contributed by atoms with van der Waals surface area (Å²) < 4.78 is 3.99. The first-order chi connectivity index (χ1) is 7.58. The van der Waals surface area contributed by atoms with E-state index >= 15 is 0 Å². The molecule has 2 aromatic heterocycles. The lowest BCUT2D eigenvalue weighted by Crippen LogP contribution is -1.96. The van der Waals surface area contributed by atoms with Crippen molar-refractivity contribution in [3.05, 3.63) is 20.9 Å². The summed E-state index contributed by atoms with van der Waals surface area (Å²) in [6.45, 7) is 3.96. The Hall–Kier alpha value is -0.400. The number of halogens is 1. The molecule has 0 N–H and O–H groups in total. The van der Waals surface area contributed by atoms with Crippen LogP contribution in [0.3, 0.4) is 0 Å². The van der Waals surface area contributed by atoms with Crippen LogP contribution < -0.4 is 0 Å². The third-order valence-corrected chi connectivity index (χ3v) is 5.12. The van der Waals surface area contributed by atoms with Crippen LogP contribution in [-0.2, 0) is 12.8 Å². The fraction of sp³-hybridized carbons (Fsp3) is 0.444. The number of nitrogens with zero attached hydrogens (tertiary/aromatic N) is 4. The van der Waals surface area contributed by atoms with E-state index in [4.69, 9.17) is 0 Å². The summed E-state index contributed by atoms with van der Waals surface area (Å²) in [4.78, 5) is 0. The largest absolute Gasteiger partial charge is 0.270 e. The molecule has 16 heavy (non-hydrogen) atoms. The first-order valence-corrected chi connectivity index (χ1v) is 7.28. The summed E-state index contributed by atoms with van der Waals surface area (Å²) in [6, 6.07) is 0. The Morgan fingerprint density at radius 1 is 1.38 bits per heavy atom. The Labute approximate surface area is 111 Å². The molecule has 0 radical (unpaired) electrons. The second-order valence-corrected chi connectivity index (χ2v) is 6.54. The van der Waals surface area contributed by atoms with E-state index in [9.17, 15) is 0 Å². The zero-order chi connectivity index (χ0) is 11.7. The van der Waals surface area contributed by atoms with Gasteiger partial charge in [-0.3, -0.25) is 4.68 Å². The Balaban J connectivity index is 2.10. The molecule has 7 heteroatoms. The molecule has 0 atom stereocenters. The van der Waals surface area contributed by atoms with Gasteiger partial charge in [-0.05, 0) is 29.8 Å². The van der Waals surface area contributed by atoms with Gasteiger partial charge in [0.2, 0.25) is 0 Å². The van der Waals surface area contributed by atoms with Crippen LogP contribution in [0.4, 0.5) is 0 Å². The molecule has 0 bridgehead atoms. The Bertz CT molecular complexity index is 506. The smallest absolute Gasteiger partial charge is 0.174 e. The second-order valence-electron chi connectivity index (χ2n) is 3.35. The van der Waals surface area contributed by atoms with Gasteiger partial charge in [-0.1, -0.05) is 23.1 Å². The Kier molecular flexibility index (Phi) is 3.66. The maximum atomic E-state index is 4.35. The maximum Gasteiger partial charge on any atom is 0.174 e. The molecule has 2 heterocycles. The van der Waals surface area contributed by atoms with Gasteiger partial charge in [0.15, 0.2) is 4.34 Å². The molecular formula is C9H11BrN4S2. The molecule has 0 saturated carbocycles. The number of aryl methyl sites for hydroxylation is 3. The van der Waals surface area contributed by atoms with Crippen molar-refractivity contribution in [3.8, 4) is 0 Å². The normalized spacial score (nSPS) is 11.0. The van der Waals surface area contributed by atoms with E-state index < -0.39 is 0 Å². The fourth-order valence-electron chi connectivity index (χ4n) is 1.30. The summed E-state index contributed by atoms with van der Waals surface area (Å²) in [5.74, 6) is 0.854. The van der Waals surface area contributed by atoms with E-state index in [0.717, 1.165) is 25.3 Å². The molecule has 0 amide bonds. The van der Waals surface area contributed by atoms with Crippen LogP contribution in [0.5, 0.6) is 0 Å². The van der Waals surface area contributed by atoms with Gasteiger partial charge in [-0.25, -0.2) is 0 Å². The van der Waals surface area contributed by atoms with Crippen LogP contribution in [0, 0.1) is 13.8 Å². The second kappa shape index (κ2) is 4.85. The van der Waals surface area contributed by atoms with Gasteiger partial charge in [-0.2, -0.15) is 5.10 Å². The first kappa shape index (κ1) is 12.1. The van der Waals surface area contributed by atoms with Crippen molar-refractivity contribution in [2.24, 2.45) is 7.05 Å². The lowest BCUT2D eigenvalue weighted by atomic mass is 10.4. The highest BCUT2D eigenvalue weighted by molar-refractivity contribution is 9.10. The molecule has 4 nitrogen and oxygen atoms in total. The van der Waals surface area contributed by atoms with Crippen LogP contribution in [0.2, 0.25) is 0 Å². The van der Waals surface area contributed by atoms with E-state index in [-0.39, 0.29) is 0 Å². The molecule has 2 aromatic rings. The van der Waals surface area contributed by atoms with Crippen molar-refractivity contribution < 1.29 is 0 Å². The molecule has 0 saturated heterocycles. The van der Waals surface area contributed by atoms with Crippen LogP contribution in [-0.4, -0.2) is 20.0 Å². The van der Waals surface area contributed by atoms with Gasteiger partial charge in [0, 0.05) is 12.8 Å². The summed E-state index contributed by atoms with van der Waals surface area (Å²) in [6.07, 6.45) is 0. The number of aromatic nitrogens is 4. The SMILES string of the molecule is Cc1nnc(SCc2c(Br)c(C)nn2C)s1. The minimum atomic E-state index is 0.854. The topological polar surface area (TPSA) is 43.6 Å². The highest BCUT2D eigenvalue weighted by atomic mass is 79.9. The molecular weight excluding hydrogens is 308 g/mol. The van der Waals surface area contributed by atoms with E-state index in [0.29, 0.717) is 0 Å². The molecule has 0 aliphatic carbocycles. The molecule has 0 aliphatic heterocycles. The first-order valence-electron chi connectivity index (χ1n) is 4.69. The average molecular weight is 319 g/mol. The van der Waals surface area contributed by atoms with Crippen LogP contribution in [0.25, 0.3) is 0 Å². The van der Waals surface area contributed by atoms with Crippen molar-refractivity contribution in [1.29, 1.82) is 0 Å². The van der Waals surface area contributed by atoms with Crippen molar-refractivity contribution in [2.45, 2.75) is 23.9 Å². The summed E-state index contributed by atoms with van der Waals surface area (Å²) in [7, 11) is 1.96. The third kappa shape index (κ3) is 2.46. The molecule has 0 unspecified atom stereocenters. The molecule has 0 aromatic carbocycles. The zero-order valence-electron chi connectivity index (χ0n) is 9.19. The van der Waals surface area contributed by atoms with Gasteiger partial charge >= 0.3 is 0 Å².